The molecule has 5 nitrogen and oxygen atoms in total. The predicted molar refractivity (Wildman–Crippen MR) is 99.4 cm³/mol. The third-order valence-electron chi connectivity index (χ3n) is 4.90. The van der Waals surface area contributed by atoms with E-state index in [4.69, 9.17) is 0 Å². The van der Waals surface area contributed by atoms with E-state index in [9.17, 15) is 9.90 Å². The minimum atomic E-state index is -0.0243. The molecule has 1 saturated carbocycles. The highest BCUT2D eigenvalue weighted by Gasteiger charge is 2.26. The molecule has 2 heterocycles. The quantitative estimate of drug-likeness (QED) is 0.755. The predicted octanol–water partition coefficient (Wildman–Crippen LogP) is 3.29. The number of thiophene rings is 1. The number of aryl methyl sites for hydroxylation is 1. The molecule has 2 atom stereocenters. The van der Waals surface area contributed by atoms with E-state index in [1.165, 1.54) is 11.3 Å². The number of aliphatic hydroxyl groups excluding tert-OH is 1. The zero-order valence-corrected chi connectivity index (χ0v) is 14.9. The van der Waals surface area contributed by atoms with Crippen LogP contribution in [0, 0.1) is 12.8 Å². The normalized spacial score (nSPS) is 20.2. The SMILES string of the molecule is Cc1nn(-c2ccccc2)c2sc(C(=O)N[C@H]3CC[C@H](CO)C3)cc12. The van der Waals surface area contributed by atoms with E-state index in [1.54, 1.807) is 0 Å². The molecule has 25 heavy (non-hydrogen) atoms. The average molecular weight is 355 g/mol. The summed E-state index contributed by atoms with van der Waals surface area (Å²) in [7, 11) is 0. The molecule has 0 aliphatic heterocycles. The van der Waals surface area contributed by atoms with E-state index >= 15 is 0 Å². The first-order valence-electron chi connectivity index (χ1n) is 8.62. The molecule has 3 aromatic rings. The third-order valence-corrected chi connectivity index (χ3v) is 6.01. The summed E-state index contributed by atoms with van der Waals surface area (Å²) in [6.07, 6.45) is 2.79. The van der Waals surface area contributed by atoms with E-state index in [2.05, 4.69) is 10.4 Å². The Morgan fingerprint density at radius 2 is 2.16 bits per heavy atom. The van der Waals surface area contributed by atoms with E-state index in [1.807, 2.05) is 48.0 Å². The molecule has 1 aliphatic rings. The molecule has 1 amide bonds. The number of aliphatic hydroxyl groups is 1. The summed E-state index contributed by atoms with van der Waals surface area (Å²) in [5.74, 6) is 0.297. The van der Waals surface area contributed by atoms with Gasteiger partial charge in [0.2, 0.25) is 0 Å². The Labute approximate surface area is 150 Å². The highest BCUT2D eigenvalue weighted by Crippen LogP contribution is 2.31. The summed E-state index contributed by atoms with van der Waals surface area (Å²) >= 11 is 1.48. The molecule has 6 heteroatoms. The minimum absolute atomic E-state index is 0.0243. The fourth-order valence-corrected chi connectivity index (χ4v) is 4.62. The van der Waals surface area contributed by atoms with Gasteiger partial charge in [0, 0.05) is 18.0 Å². The summed E-state index contributed by atoms with van der Waals surface area (Å²) in [6, 6.07) is 12.1. The van der Waals surface area contributed by atoms with Crippen LogP contribution in [-0.2, 0) is 0 Å². The van der Waals surface area contributed by atoms with Gasteiger partial charge >= 0.3 is 0 Å². The van der Waals surface area contributed by atoms with Crippen molar-refractivity contribution in [1.29, 1.82) is 0 Å². The summed E-state index contributed by atoms with van der Waals surface area (Å²) in [6.45, 7) is 2.18. The standard InChI is InChI=1S/C19H21N3O2S/c1-12-16-10-17(18(24)20-14-8-7-13(9-14)11-23)25-19(16)22(21-12)15-5-3-2-4-6-15/h2-6,10,13-14,23H,7-9,11H2,1H3,(H,20,24)/t13-,14-/m0/s1. The van der Waals surface area contributed by atoms with Gasteiger partial charge in [-0.15, -0.1) is 11.3 Å². The molecular weight excluding hydrogens is 334 g/mol. The molecule has 2 aromatic heterocycles. The van der Waals surface area contributed by atoms with Crippen LogP contribution in [0.1, 0.15) is 34.6 Å². The van der Waals surface area contributed by atoms with Crippen molar-refractivity contribution in [3.8, 4) is 5.69 Å². The van der Waals surface area contributed by atoms with Crippen molar-refractivity contribution >= 4 is 27.5 Å². The molecular formula is C19H21N3O2S. The summed E-state index contributed by atoms with van der Waals surface area (Å²) in [5, 5.41) is 18.0. The van der Waals surface area contributed by atoms with Gasteiger partial charge in [0.1, 0.15) is 4.83 Å². The Morgan fingerprint density at radius 1 is 1.36 bits per heavy atom. The van der Waals surface area contributed by atoms with E-state index in [0.717, 1.165) is 40.9 Å². The molecule has 1 aliphatic carbocycles. The van der Waals surface area contributed by atoms with Crippen LogP contribution < -0.4 is 5.32 Å². The number of nitrogens with one attached hydrogen (secondary N) is 1. The Bertz CT molecular complexity index is 900. The highest BCUT2D eigenvalue weighted by molar-refractivity contribution is 7.20. The summed E-state index contributed by atoms with van der Waals surface area (Å²) in [4.78, 5) is 14.3. The fourth-order valence-electron chi connectivity index (χ4n) is 3.53. The summed E-state index contributed by atoms with van der Waals surface area (Å²) in [5.41, 5.74) is 1.92. The molecule has 0 spiro atoms. The van der Waals surface area contributed by atoms with Gasteiger partial charge in [0.25, 0.3) is 5.91 Å². The Morgan fingerprint density at radius 3 is 2.88 bits per heavy atom. The van der Waals surface area contributed by atoms with Crippen LogP contribution in [0.15, 0.2) is 36.4 Å². The van der Waals surface area contributed by atoms with Crippen LogP contribution in [-0.4, -0.2) is 33.4 Å². The van der Waals surface area contributed by atoms with Crippen LogP contribution in [0.3, 0.4) is 0 Å². The van der Waals surface area contributed by atoms with Gasteiger partial charge in [-0.05, 0) is 50.3 Å². The van der Waals surface area contributed by atoms with Crippen LogP contribution >= 0.6 is 11.3 Å². The molecule has 0 saturated heterocycles. The van der Waals surface area contributed by atoms with Gasteiger partial charge in [-0.1, -0.05) is 18.2 Å². The number of rotatable bonds is 4. The molecule has 2 N–H and O–H groups in total. The molecule has 0 unspecified atom stereocenters. The van der Waals surface area contributed by atoms with Gasteiger partial charge in [0.15, 0.2) is 0 Å². The molecule has 0 radical (unpaired) electrons. The smallest absolute Gasteiger partial charge is 0.261 e. The fraction of sp³-hybridized carbons (Fsp3) is 0.368. The molecule has 130 valence electrons. The van der Waals surface area contributed by atoms with E-state index < -0.39 is 0 Å². The second-order valence-corrected chi connectivity index (χ2v) is 7.72. The van der Waals surface area contributed by atoms with Gasteiger partial charge in [0.05, 0.1) is 16.3 Å². The van der Waals surface area contributed by atoms with Crippen molar-refractivity contribution in [1.82, 2.24) is 15.1 Å². The number of para-hydroxylation sites is 1. The number of hydrogen-bond donors (Lipinski definition) is 2. The van der Waals surface area contributed by atoms with Crippen LogP contribution in [0.25, 0.3) is 15.9 Å². The van der Waals surface area contributed by atoms with Crippen molar-refractivity contribution in [3.05, 3.63) is 47.0 Å². The largest absolute Gasteiger partial charge is 0.396 e. The van der Waals surface area contributed by atoms with Gasteiger partial charge < -0.3 is 10.4 Å². The second-order valence-electron chi connectivity index (χ2n) is 6.69. The van der Waals surface area contributed by atoms with Crippen LogP contribution in [0.2, 0.25) is 0 Å². The number of carbonyl (C=O) groups is 1. The monoisotopic (exact) mass is 355 g/mol. The third kappa shape index (κ3) is 3.07. The Kier molecular flexibility index (Phi) is 4.31. The molecule has 1 fully saturated rings. The first kappa shape index (κ1) is 16.3. The summed E-state index contributed by atoms with van der Waals surface area (Å²) < 4.78 is 1.91. The first-order chi connectivity index (χ1) is 12.2. The van der Waals surface area contributed by atoms with Crippen LogP contribution in [0.4, 0.5) is 0 Å². The lowest BCUT2D eigenvalue weighted by atomic mass is 10.1. The van der Waals surface area contributed by atoms with Gasteiger partial charge in [-0.2, -0.15) is 5.10 Å². The maximum absolute atomic E-state index is 12.6. The lowest BCUT2D eigenvalue weighted by molar-refractivity contribution is 0.0940. The van der Waals surface area contributed by atoms with Gasteiger partial charge in [-0.25, -0.2) is 4.68 Å². The molecule has 1 aromatic carbocycles. The number of nitrogens with zero attached hydrogens (tertiary/aromatic N) is 2. The number of aromatic nitrogens is 2. The second kappa shape index (κ2) is 6.61. The number of carbonyl (C=O) groups excluding carboxylic acids is 1. The zero-order chi connectivity index (χ0) is 17.4. The highest BCUT2D eigenvalue weighted by atomic mass is 32.1. The van der Waals surface area contributed by atoms with Crippen molar-refractivity contribution in [3.63, 3.8) is 0 Å². The number of fused-ring (bicyclic) bond motifs is 1. The molecule has 4 rings (SSSR count). The van der Waals surface area contributed by atoms with Crippen molar-refractivity contribution in [2.24, 2.45) is 5.92 Å². The average Bonchev–Trinajstić information content (AvgIpc) is 3.32. The van der Waals surface area contributed by atoms with E-state index in [-0.39, 0.29) is 18.6 Å². The lowest BCUT2D eigenvalue weighted by Gasteiger charge is -2.11. The van der Waals surface area contributed by atoms with Gasteiger partial charge in [-0.3, -0.25) is 4.79 Å². The molecule has 0 bridgehead atoms. The number of hydrogen-bond acceptors (Lipinski definition) is 4. The first-order valence-corrected chi connectivity index (χ1v) is 9.43. The Hall–Kier alpha value is -2.18. The Balaban J connectivity index is 1.60. The number of benzene rings is 1. The lowest BCUT2D eigenvalue weighted by Crippen LogP contribution is -2.32. The number of amides is 1. The van der Waals surface area contributed by atoms with Crippen molar-refractivity contribution in [2.45, 2.75) is 32.2 Å². The maximum atomic E-state index is 12.6. The minimum Gasteiger partial charge on any atom is -0.396 e. The van der Waals surface area contributed by atoms with Crippen molar-refractivity contribution in [2.75, 3.05) is 6.61 Å². The van der Waals surface area contributed by atoms with Crippen molar-refractivity contribution < 1.29 is 9.90 Å². The van der Waals surface area contributed by atoms with Crippen LogP contribution in [0.5, 0.6) is 0 Å². The topological polar surface area (TPSA) is 67.2 Å². The van der Waals surface area contributed by atoms with E-state index in [0.29, 0.717) is 10.8 Å². The maximum Gasteiger partial charge on any atom is 0.261 e. The zero-order valence-electron chi connectivity index (χ0n) is 14.1.